The number of fused-ring (bicyclic) bond motifs is 1. The van der Waals surface area contributed by atoms with Crippen molar-refractivity contribution < 1.29 is 14.3 Å². The van der Waals surface area contributed by atoms with E-state index < -0.39 is 0 Å². The smallest absolute Gasteiger partial charge is 0.249 e. The first kappa shape index (κ1) is 20.9. The summed E-state index contributed by atoms with van der Waals surface area (Å²) in [5.41, 5.74) is 3.04. The lowest BCUT2D eigenvalue weighted by molar-refractivity contribution is -0.136. The number of piperidine rings is 1. The van der Waals surface area contributed by atoms with Crippen molar-refractivity contribution in [2.24, 2.45) is 5.92 Å². The minimum Gasteiger partial charge on any atom is -0.489 e. The third kappa shape index (κ3) is 4.38. The van der Waals surface area contributed by atoms with E-state index in [1.165, 1.54) is 12.8 Å². The van der Waals surface area contributed by atoms with Crippen LogP contribution in [0.3, 0.4) is 0 Å². The van der Waals surface area contributed by atoms with Gasteiger partial charge in [-0.3, -0.25) is 14.9 Å². The van der Waals surface area contributed by atoms with Crippen LogP contribution in [0.2, 0.25) is 0 Å². The molecule has 1 aliphatic carbocycles. The van der Waals surface area contributed by atoms with Crippen molar-refractivity contribution in [1.29, 1.82) is 0 Å². The monoisotopic (exact) mass is 411 g/mol. The molecule has 2 N–H and O–H groups in total. The van der Waals surface area contributed by atoms with Gasteiger partial charge in [0.15, 0.2) is 0 Å². The molecule has 1 aromatic rings. The van der Waals surface area contributed by atoms with Crippen LogP contribution in [0.15, 0.2) is 24.8 Å². The molecular weight excluding hydrogens is 378 g/mol. The molecule has 2 heterocycles. The van der Waals surface area contributed by atoms with E-state index in [9.17, 15) is 9.59 Å². The molecule has 6 nitrogen and oxygen atoms in total. The zero-order valence-corrected chi connectivity index (χ0v) is 18.1. The topological polar surface area (TPSA) is 70.7 Å². The molecule has 0 radical (unpaired) electrons. The van der Waals surface area contributed by atoms with Gasteiger partial charge in [0.1, 0.15) is 17.9 Å². The first-order chi connectivity index (χ1) is 14.4. The van der Waals surface area contributed by atoms with Crippen LogP contribution in [-0.4, -0.2) is 41.4 Å². The summed E-state index contributed by atoms with van der Waals surface area (Å²) in [7, 11) is 0. The Morgan fingerprint density at radius 1 is 1.23 bits per heavy atom. The fourth-order valence-electron chi connectivity index (χ4n) is 4.80. The first-order valence-electron chi connectivity index (χ1n) is 11.2. The summed E-state index contributed by atoms with van der Waals surface area (Å²) in [6.45, 7) is 10.3. The van der Waals surface area contributed by atoms with Crippen LogP contribution in [0.1, 0.15) is 63.5 Å². The maximum Gasteiger partial charge on any atom is 0.249 e. The average Bonchev–Trinajstić information content (AvgIpc) is 3.03. The number of benzene rings is 1. The van der Waals surface area contributed by atoms with Crippen LogP contribution in [0.4, 0.5) is 0 Å². The van der Waals surface area contributed by atoms with Gasteiger partial charge in [0.05, 0.1) is 0 Å². The Morgan fingerprint density at radius 2 is 2.03 bits per heavy atom. The van der Waals surface area contributed by atoms with E-state index in [1.807, 2.05) is 11.0 Å². The molecule has 3 atom stereocenters. The summed E-state index contributed by atoms with van der Waals surface area (Å²) in [6, 6.07) is 6.23. The van der Waals surface area contributed by atoms with E-state index in [4.69, 9.17) is 4.74 Å². The van der Waals surface area contributed by atoms with Crippen LogP contribution >= 0.6 is 0 Å². The Labute approximate surface area is 179 Å². The standard InChI is InChI=1S/C24H33N3O3/c1-15(2)13-25-20-6-4-5-7-22(20)30-18-8-9-19-16(3)27(14-17(19)12-18)21-10-11-23(28)26-24(21)29/h8-9,12,15,20-22,25H,3-7,10-11,13-14H2,1-2H3,(H,26,28,29)/t20-,21?,22+/m0/s1. The van der Waals surface area contributed by atoms with Crippen LogP contribution in [-0.2, 0) is 16.1 Å². The molecule has 6 heteroatoms. The maximum atomic E-state index is 12.3. The zero-order chi connectivity index (χ0) is 21.3. The number of carbonyl (C=O) groups excluding carboxylic acids is 2. The molecule has 3 aliphatic rings. The van der Waals surface area contributed by atoms with Gasteiger partial charge in [-0.05, 0) is 61.9 Å². The van der Waals surface area contributed by atoms with Crippen molar-refractivity contribution in [3.63, 3.8) is 0 Å². The summed E-state index contributed by atoms with van der Waals surface area (Å²) in [5.74, 6) is 1.09. The molecule has 2 fully saturated rings. The van der Waals surface area contributed by atoms with Crippen LogP contribution < -0.4 is 15.4 Å². The Morgan fingerprint density at radius 3 is 2.80 bits per heavy atom. The highest BCUT2D eigenvalue weighted by Crippen LogP contribution is 2.37. The molecule has 1 unspecified atom stereocenters. The molecular formula is C24H33N3O3. The van der Waals surface area contributed by atoms with Crippen molar-refractivity contribution in [3.05, 3.63) is 35.9 Å². The molecule has 1 aromatic carbocycles. The van der Waals surface area contributed by atoms with E-state index in [1.54, 1.807) is 0 Å². The number of hydrogen-bond donors (Lipinski definition) is 2. The van der Waals surface area contributed by atoms with E-state index in [0.717, 1.165) is 42.0 Å². The Hall–Kier alpha value is -2.34. The number of nitrogens with zero attached hydrogens (tertiary/aromatic N) is 1. The predicted molar refractivity (Wildman–Crippen MR) is 117 cm³/mol. The summed E-state index contributed by atoms with van der Waals surface area (Å²) in [4.78, 5) is 25.8. The highest BCUT2D eigenvalue weighted by molar-refractivity contribution is 6.01. The minimum absolute atomic E-state index is 0.186. The van der Waals surface area contributed by atoms with Crippen molar-refractivity contribution in [2.75, 3.05) is 6.54 Å². The Bertz CT molecular complexity index is 835. The van der Waals surface area contributed by atoms with Crippen LogP contribution in [0, 0.1) is 5.92 Å². The molecule has 1 saturated carbocycles. The third-order valence-electron chi connectivity index (χ3n) is 6.44. The number of nitrogens with one attached hydrogen (secondary N) is 2. The quantitative estimate of drug-likeness (QED) is 0.704. The van der Waals surface area contributed by atoms with E-state index in [-0.39, 0.29) is 24.0 Å². The maximum absolute atomic E-state index is 12.3. The second-order valence-corrected chi connectivity index (χ2v) is 9.21. The van der Waals surface area contributed by atoms with Gasteiger partial charge < -0.3 is 15.0 Å². The van der Waals surface area contributed by atoms with Crippen LogP contribution in [0.5, 0.6) is 5.75 Å². The van der Waals surface area contributed by atoms with Crippen molar-refractivity contribution in [1.82, 2.24) is 15.5 Å². The van der Waals surface area contributed by atoms with Gasteiger partial charge in [0, 0.05) is 30.3 Å². The highest BCUT2D eigenvalue weighted by Gasteiger charge is 2.36. The summed E-state index contributed by atoms with van der Waals surface area (Å²) >= 11 is 0. The van der Waals surface area contributed by atoms with Gasteiger partial charge in [-0.1, -0.05) is 26.8 Å². The van der Waals surface area contributed by atoms with Crippen molar-refractivity contribution >= 4 is 17.5 Å². The highest BCUT2D eigenvalue weighted by atomic mass is 16.5. The molecule has 162 valence electrons. The van der Waals surface area contributed by atoms with E-state index in [0.29, 0.717) is 31.3 Å². The number of ether oxygens (including phenoxy) is 1. The summed E-state index contributed by atoms with van der Waals surface area (Å²) in [6.07, 6.45) is 5.77. The van der Waals surface area contributed by atoms with Gasteiger partial charge in [-0.25, -0.2) is 0 Å². The normalized spacial score (nSPS) is 26.7. The van der Waals surface area contributed by atoms with E-state index >= 15 is 0 Å². The lowest BCUT2D eigenvalue weighted by Crippen LogP contribution is -2.50. The predicted octanol–water partition coefficient (Wildman–Crippen LogP) is 3.21. The average molecular weight is 412 g/mol. The fraction of sp³-hybridized carbons (Fsp3) is 0.583. The number of carbonyl (C=O) groups is 2. The molecule has 0 spiro atoms. The second kappa shape index (κ2) is 8.80. The number of hydrogen-bond acceptors (Lipinski definition) is 5. The first-order valence-corrected chi connectivity index (χ1v) is 11.2. The van der Waals surface area contributed by atoms with Gasteiger partial charge in [0.2, 0.25) is 11.8 Å². The van der Waals surface area contributed by atoms with Crippen LogP contribution in [0.25, 0.3) is 5.70 Å². The Balaban J connectivity index is 1.44. The molecule has 2 aliphatic heterocycles. The minimum atomic E-state index is -0.338. The largest absolute Gasteiger partial charge is 0.489 e. The van der Waals surface area contributed by atoms with Gasteiger partial charge in [-0.2, -0.15) is 0 Å². The van der Waals surface area contributed by atoms with Crippen molar-refractivity contribution in [2.45, 2.75) is 77.1 Å². The fourth-order valence-corrected chi connectivity index (χ4v) is 4.80. The van der Waals surface area contributed by atoms with Gasteiger partial charge in [-0.15, -0.1) is 0 Å². The Kier molecular flexibility index (Phi) is 6.14. The summed E-state index contributed by atoms with van der Waals surface area (Å²) < 4.78 is 6.44. The number of imide groups is 1. The van der Waals surface area contributed by atoms with E-state index in [2.05, 4.69) is 43.2 Å². The molecule has 1 saturated heterocycles. The molecule has 4 rings (SSSR count). The molecule has 2 amide bonds. The van der Waals surface area contributed by atoms with Gasteiger partial charge in [0.25, 0.3) is 0 Å². The molecule has 0 aromatic heterocycles. The molecule has 30 heavy (non-hydrogen) atoms. The van der Waals surface area contributed by atoms with Crippen molar-refractivity contribution in [3.8, 4) is 5.75 Å². The van der Waals surface area contributed by atoms with Gasteiger partial charge >= 0.3 is 0 Å². The summed E-state index contributed by atoms with van der Waals surface area (Å²) in [5, 5.41) is 6.14. The lowest BCUT2D eigenvalue weighted by atomic mass is 9.92. The second-order valence-electron chi connectivity index (χ2n) is 9.21. The molecule has 0 bridgehead atoms. The zero-order valence-electron chi connectivity index (χ0n) is 18.1. The SMILES string of the molecule is C=C1c2ccc(O[C@@H]3CCCC[C@@H]3NCC(C)C)cc2CN1C1CCC(=O)NC1=O. The number of rotatable bonds is 6. The number of amides is 2. The third-order valence-corrected chi connectivity index (χ3v) is 6.44. The lowest BCUT2D eigenvalue weighted by Gasteiger charge is -2.33.